The quantitative estimate of drug-likeness (QED) is 0.826. The van der Waals surface area contributed by atoms with Crippen LogP contribution >= 0.6 is 0 Å². The van der Waals surface area contributed by atoms with Gasteiger partial charge in [0.1, 0.15) is 17.2 Å². The summed E-state index contributed by atoms with van der Waals surface area (Å²) in [6, 6.07) is 13.6. The van der Waals surface area contributed by atoms with Gasteiger partial charge in [-0.25, -0.2) is 0 Å². The minimum absolute atomic E-state index is 0.791. The summed E-state index contributed by atoms with van der Waals surface area (Å²) in [5.41, 5.74) is 1.98. The second-order valence-electron chi connectivity index (χ2n) is 3.77. The molecule has 108 valence electrons. The molecular formula is C17H22O3. The van der Waals surface area contributed by atoms with E-state index in [1.165, 1.54) is 0 Å². The fraction of sp³-hybridized carbons (Fsp3) is 0.294. The number of ether oxygens (including phenoxy) is 3. The molecule has 20 heavy (non-hydrogen) atoms. The van der Waals surface area contributed by atoms with Crippen LogP contribution in [0.25, 0.3) is 11.1 Å². The molecule has 0 unspecified atom stereocenters. The van der Waals surface area contributed by atoms with E-state index in [0.29, 0.717) is 0 Å². The zero-order valence-corrected chi connectivity index (χ0v) is 12.8. The van der Waals surface area contributed by atoms with Crippen LogP contribution < -0.4 is 14.2 Å². The molecule has 0 fully saturated rings. The normalized spacial score (nSPS) is 9.25. The van der Waals surface area contributed by atoms with Crippen LogP contribution in [0.1, 0.15) is 13.8 Å². The van der Waals surface area contributed by atoms with Gasteiger partial charge in [0.2, 0.25) is 0 Å². The molecule has 0 aliphatic rings. The Bertz CT molecular complexity index is 496. The van der Waals surface area contributed by atoms with E-state index in [4.69, 9.17) is 14.2 Å². The van der Waals surface area contributed by atoms with E-state index in [0.717, 1.165) is 28.4 Å². The summed E-state index contributed by atoms with van der Waals surface area (Å²) in [6.45, 7) is 4.00. The zero-order valence-electron chi connectivity index (χ0n) is 12.8. The first-order valence-corrected chi connectivity index (χ1v) is 6.65. The van der Waals surface area contributed by atoms with Gasteiger partial charge in [-0.05, 0) is 29.8 Å². The average molecular weight is 274 g/mol. The molecule has 2 rings (SSSR count). The Balaban J connectivity index is 0.000000956. The summed E-state index contributed by atoms with van der Waals surface area (Å²) in [4.78, 5) is 0. The number of hydrogen-bond acceptors (Lipinski definition) is 3. The Morgan fingerprint density at radius 3 is 1.55 bits per heavy atom. The maximum atomic E-state index is 5.39. The van der Waals surface area contributed by atoms with E-state index in [1.54, 1.807) is 21.3 Å². The maximum Gasteiger partial charge on any atom is 0.130 e. The summed E-state index contributed by atoms with van der Waals surface area (Å²) < 4.78 is 15.9. The van der Waals surface area contributed by atoms with Gasteiger partial charge in [-0.2, -0.15) is 0 Å². The van der Waals surface area contributed by atoms with Crippen LogP contribution in [0.15, 0.2) is 42.5 Å². The molecule has 0 heterocycles. The summed E-state index contributed by atoms with van der Waals surface area (Å²) in [5, 5.41) is 0. The van der Waals surface area contributed by atoms with Crippen LogP contribution in [0, 0.1) is 0 Å². The second kappa shape index (κ2) is 8.10. The third-order valence-electron chi connectivity index (χ3n) is 2.81. The van der Waals surface area contributed by atoms with Gasteiger partial charge in [0, 0.05) is 0 Å². The average Bonchev–Trinajstić information content (AvgIpc) is 2.56. The summed E-state index contributed by atoms with van der Waals surface area (Å²) in [6.07, 6.45) is 0. The van der Waals surface area contributed by atoms with E-state index in [1.807, 2.05) is 56.3 Å². The molecule has 0 saturated heterocycles. The van der Waals surface area contributed by atoms with E-state index >= 15 is 0 Å². The first kappa shape index (κ1) is 15.9. The largest absolute Gasteiger partial charge is 0.497 e. The van der Waals surface area contributed by atoms with Crippen molar-refractivity contribution in [2.75, 3.05) is 21.3 Å². The number of rotatable bonds is 4. The van der Waals surface area contributed by atoms with Crippen molar-refractivity contribution in [2.45, 2.75) is 13.8 Å². The van der Waals surface area contributed by atoms with Crippen LogP contribution in [-0.2, 0) is 0 Å². The number of methoxy groups -OCH3 is 3. The van der Waals surface area contributed by atoms with Crippen LogP contribution in [0.2, 0.25) is 0 Å². The molecule has 0 amide bonds. The Labute approximate surface area is 121 Å². The third kappa shape index (κ3) is 3.44. The standard InChI is InChI=1S/C15H16O3.C2H6/c1-16-12-9-7-11(8-10-12)15-13(17-2)5-4-6-14(15)18-3;1-2/h4-10H,1-3H3;1-2H3. The van der Waals surface area contributed by atoms with Gasteiger partial charge >= 0.3 is 0 Å². The molecule has 2 aromatic carbocycles. The number of benzene rings is 2. The lowest BCUT2D eigenvalue weighted by Gasteiger charge is -2.13. The predicted octanol–water partition coefficient (Wildman–Crippen LogP) is 4.41. The highest BCUT2D eigenvalue weighted by atomic mass is 16.5. The minimum Gasteiger partial charge on any atom is -0.497 e. The van der Waals surface area contributed by atoms with Gasteiger partial charge in [-0.3, -0.25) is 0 Å². The van der Waals surface area contributed by atoms with Crippen molar-refractivity contribution in [3.05, 3.63) is 42.5 Å². The molecule has 0 atom stereocenters. The highest BCUT2D eigenvalue weighted by molar-refractivity contribution is 5.77. The Hall–Kier alpha value is -2.16. The molecule has 0 N–H and O–H groups in total. The third-order valence-corrected chi connectivity index (χ3v) is 2.81. The fourth-order valence-electron chi connectivity index (χ4n) is 1.89. The van der Waals surface area contributed by atoms with Gasteiger partial charge in [-0.1, -0.05) is 32.0 Å². The van der Waals surface area contributed by atoms with Crippen molar-refractivity contribution >= 4 is 0 Å². The van der Waals surface area contributed by atoms with Gasteiger partial charge in [0.05, 0.1) is 26.9 Å². The Kier molecular flexibility index (Phi) is 6.44. The lowest BCUT2D eigenvalue weighted by atomic mass is 10.0. The lowest BCUT2D eigenvalue weighted by molar-refractivity contribution is 0.397. The molecule has 0 radical (unpaired) electrons. The first-order chi connectivity index (χ1) is 9.80. The highest BCUT2D eigenvalue weighted by Crippen LogP contribution is 2.38. The molecule has 3 heteroatoms. The summed E-state index contributed by atoms with van der Waals surface area (Å²) in [5.74, 6) is 2.41. The van der Waals surface area contributed by atoms with Gasteiger partial charge in [0.25, 0.3) is 0 Å². The Morgan fingerprint density at radius 1 is 0.650 bits per heavy atom. The molecule has 0 spiro atoms. The van der Waals surface area contributed by atoms with Gasteiger partial charge in [0.15, 0.2) is 0 Å². The van der Waals surface area contributed by atoms with Gasteiger partial charge < -0.3 is 14.2 Å². The van der Waals surface area contributed by atoms with E-state index in [2.05, 4.69) is 0 Å². The van der Waals surface area contributed by atoms with Crippen LogP contribution in [0.4, 0.5) is 0 Å². The molecular weight excluding hydrogens is 252 g/mol. The SMILES string of the molecule is CC.COc1ccc(-c2c(OC)cccc2OC)cc1. The van der Waals surface area contributed by atoms with E-state index in [-0.39, 0.29) is 0 Å². The second-order valence-corrected chi connectivity index (χ2v) is 3.77. The number of hydrogen-bond donors (Lipinski definition) is 0. The van der Waals surface area contributed by atoms with Crippen molar-refractivity contribution in [3.63, 3.8) is 0 Å². The van der Waals surface area contributed by atoms with Gasteiger partial charge in [-0.15, -0.1) is 0 Å². The monoisotopic (exact) mass is 274 g/mol. The van der Waals surface area contributed by atoms with Crippen LogP contribution in [0.3, 0.4) is 0 Å². The van der Waals surface area contributed by atoms with E-state index in [9.17, 15) is 0 Å². The first-order valence-electron chi connectivity index (χ1n) is 6.65. The fourth-order valence-corrected chi connectivity index (χ4v) is 1.89. The lowest BCUT2D eigenvalue weighted by Crippen LogP contribution is -1.93. The highest BCUT2D eigenvalue weighted by Gasteiger charge is 2.11. The smallest absolute Gasteiger partial charge is 0.130 e. The molecule has 3 nitrogen and oxygen atoms in total. The maximum absolute atomic E-state index is 5.39. The Morgan fingerprint density at radius 2 is 1.15 bits per heavy atom. The van der Waals surface area contributed by atoms with Crippen molar-refractivity contribution in [2.24, 2.45) is 0 Å². The van der Waals surface area contributed by atoms with Crippen molar-refractivity contribution < 1.29 is 14.2 Å². The molecule has 2 aromatic rings. The van der Waals surface area contributed by atoms with Crippen molar-refractivity contribution in [3.8, 4) is 28.4 Å². The van der Waals surface area contributed by atoms with Crippen molar-refractivity contribution in [1.82, 2.24) is 0 Å². The van der Waals surface area contributed by atoms with Crippen LogP contribution in [-0.4, -0.2) is 21.3 Å². The van der Waals surface area contributed by atoms with E-state index < -0.39 is 0 Å². The summed E-state index contributed by atoms with van der Waals surface area (Å²) in [7, 11) is 4.96. The minimum atomic E-state index is 0.791. The van der Waals surface area contributed by atoms with Crippen LogP contribution in [0.5, 0.6) is 17.2 Å². The molecule has 0 saturated carbocycles. The molecule has 0 aromatic heterocycles. The zero-order chi connectivity index (χ0) is 15.0. The topological polar surface area (TPSA) is 27.7 Å². The molecule has 0 bridgehead atoms. The predicted molar refractivity (Wildman–Crippen MR) is 82.9 cm³/mol. The molecule has 0 aliphatic carbocycles. The van der Waals surface area contributed by atoms with Crippen molar-refractivity contribution in [1.29, 1.82) is 0 Å². The molecule has 0 aliphatic heterocycles. The summed E-state index contributed by atoms with van der Waals surface area (Å²) >= 11 is 0.